The summed E-state index contributed by atoms with van der Waals surface area (Å²) in [7, 11) is 1.77. The number of nitrogens with one attached hydrogen (secondary N) is 1. The van der Waals surface area contributed by atoms with Crippen LogP contribution in [-0.2, 0) is 16.8 Å². The highest BCUT2D eigenvalue weighted by Gasteiger charge is 2.38. The van der Waals surface area contributed by atoms with Gasteiger partial charge in [0.2, 0.25) is 5.91 Å². The summed E-state index contributed by atoms with van der Waals surface area (Å²) in [6.45, 7) is 8.33. The summed E-state index contributed by atoms with van der Waals surface area (Å²) in [4.78, 5) is 30.9. The molecule has 0 aliphatic carbocycles. The Kier molecular flexibility index (Phi) is 4.14. The highest BCUT2D eigenvalue weighted by molar-refractivity contribution is 6.07. The maximum atomic E-state index is 12.8. The van der Waals surface area contributed by atoms with Gasteiger partial charge in [0.25, 0.3) is 5.91 Å². The second-order valence-electron chi connectivity index (χ2n) is 7.35. The highest BCUT2D eigenvalue weighted by atomic mass is 16.2. The lowest BCUT2D eigenvalue weighted by Gasteiger charge is -2.20. The topological polar surface area (TPSA) is 67.2 Å². The van der Waals surface area contributed by atoms with E-state index in [4.69, 9.17) is 0 Å². The molecule has 0 unspecified atom stereocenters. The first kappa shape index (κ1) is 17.2. The number of hydrogen-bond acceptors (Lipinski definition) is 3. The number of fused-ring (bicyclic) bond motifs is 1. The summed E-state index contributed by atoms with van der Waals surface area (Å²) in [6, 6.07) is 5.67. The molecule has 3 rings (SSSR count). The number of hydrogen-bond donors (Lipinski definition) is 1. The van der Waals surface area contributed by atoms with Crippen molar-refractivity contribution in [1.82, 2.24) is 14.5 Å². The van der Waals surface area contributed by atoms with E-state index in [2.05, 4.69) is 28.7 Å². The molecule has 1 N–H and O–H groups in total. The Morgan fingerprint density at radius 1 is 1.36 bits per heavy atom. The minimum atomic E-state index is -0.627. The van der Waals surface area contributed by atoms with E-state index in [0.717, 1.165) is 17.1 Å². The lowest BCUT2D eigenvalue weighted by atomic mass is 9.85. The van der Waals surface area contributed by atoms with Crippen molar-refractivity contribution in [2.45, 2.75) is 45.7 Å². The van der Waals surface area contributed by atoms with Crippen LogP contribution >= 0.6 is 0 Å². The normalized spacial score (nSPS) is 15.2. The summed E-state index contributed by atoms with van der Waals surface area (Å²) < 4.78 is 2.05. The number of amides is 2. The first-order chi connectivity index (χ1) is 11.7. The van der Waals surface area contributed by atoms with E-state index < -0.39 is 5.41 Å². The Morgan fingerprint density at radius 3 is 2.76 bits per heavy atom. The number of rotatable bonds is 4. The molecule has 1 aliphatic rings. The van der Waals surface area contributed by atoms with Gasteiger partial charge in [0.05, 0.1) is 12.0 Å². The maximum absolute atomic E-state index is 12.8. The van der Waals surface area contributed by atoms with E-state index >= 15 is 0 Å². The Balaban J connectivity index is 1.83. The van der Waals surface area contributed by atoms with Gasteiger partial charge >= 0.3 is 0 Å². The third-order valence-corrected chi connectivity index (χ3v) is 4.79. The summed E-state index contributed by atoms with van der Waals surface area (Å²) in [5.41, 5.74) is 1.59. The van der Waals surface area contributed by atoms with E-state index in [-0.39, 0.29) is 11.8 Å². The molecule has 0 spiro atoms. The number of nitrogens with zero attached hydrogens (tertiary/aromatic N) is 3. The van der Waals surface area contributed by atoms with Crippen molar-refractivity contribution < 1.29 is 9.59 Å². The molecule has 2 aromatic rings. The maximum Gasteiger partial charge on any atom is 0.254 e. The van der Waals surface area contributed by atoms with Crippen LogP contribution in [0.2, 0.25) is 0 Å². The van der Waals surface area contributed by atoms with Crippen LogP contribution in [0, 0.1) is 0 Å². The van der Waals surface area contributed by atoms with Crippen LogP contribution in [0.5, 0.6) is 0 Å². The molecule has 1 aromatic heterocycles. The van der Waals surface area contributed by atoms with Crippen molar-refractivity contribution in [2.24, 2.45) is 0 Å². The Bertz CT molecular complexity index is 836. The number of aromatic nitrogens is 2. The van der Waals surface area contributed by atoms with Crippen molar-refractivity contribution in [2.75, 3.05) is 12.4 Å². The van der Waals surface area contributed by atoms with Crippen molar-refractivity contribution in [3.8, 4) is 0 Å². The zero-order chi connectivity index (χ0) is 18.4. The number of benzene rings is 1. The van der Waals surface area contributed by atoms with Crippen LogP contribution in [0.25, 0.3) is 0 Å². The van der Waals surface area contributed by atoms with Gasteiger partial charge < -0.3 is 14.8 Å². The van der Waals surface area contributed by atoms with Gasteiger partial charge in [-0.25, -0.2) is 4.98 Å². The van der Waals surface area contributed by atoms with E-state index in [9.17, 15) is 9.59 Å². The van der Waals surface area contributed by atoms with E-state index in [1.54, 1.807) is 30.3 Å². The largest absolute Gasteiger partial charge is 0.334 e. The molecule has 1 aromatic carbocycles. The standard InChI is InChI=1S/C19H24N4O2/c1-12(2)23-9-8-20-16(23)11-22(5)17(24)13-6-7-15-14(10-13)19(3,4)18(25)21-15/h6-10,12H,11H2,1-5H3,(H,21,25). The van der Waals surface area contributed by atoms with Gasteiger partial charge in [0.15, 0.2) is 0 Å². The molecule has 25 heavy (non-hydrogen) atoms. The van der Waals surface area contributed by atoms with Gasteiger partial charge in [-0.3, -0.25) is 9.59 Å². The Hall–Kier alpha value is -2.63. The van der Waals surface area contributed by atoms with Crippen molar-refractivity contribution in [3.05, 3.63) is 47.5 Å². The van der Waals surface area contributed by atoms with Crippen LogP contribution < -0.4 is 5.32 Å². The molecule has 0 radical (unpaired) electrons. The van der Waals surface area contributed by atoms with Gasteiger partial charge in [-0.05, 0) is 51.5 Å². The molecular formula is C19H24N4O2. The van der Waals surface area contributed by atoms with Crippen LogP contribution in [0.15, 0.2) is 30.6 Å². The summed E-state index contributed by atoms with van der Waals surface area (Å²) in [6.07, 6.45) is 3.68. The number of imidazole rings is 1. The predicted octanol–water partition coefficient (Wildman–Crippen LogP) is 2.97. The average Bonchev–Trinajstić information content (AvgIpc) is 3.10. The number of carbonyl (C=O) groups is 2. The van der Waals surface area contributed by atoms with E-state index in [0.29, 0.717) is 18.2 Å². The van der Waals surface area contributed by atoms with E-state index in [1.807, 2.05) is 26.1 Å². The van der Waals surface area contributed by atoms with Gasteiger partial charge in [-0.15, -0.1) is 0 Å². The molecule has 0 fully saturated rings. The summed E-state index contributed by atoms with van der Waals surface area (Å²) >= 11 is 0. The Morgan fingerprint density at radius 2 is 2.08 bits per heavy atom. The van der Waals surface area contributed by atoms with Crippen LogP contribution in [0.4, 0.5) is 5.69 Å². The van der Waals surface area contributed by atoms with Crippen molar-refractivity contribution in [1.29, 1.82) is 0 Å². The lowest BCUT2D eigenvalue weighted by molar-refractivity contribution is -0.119. The molecular weight excluding hydrogens is 316 g/mol. The first-order valence-corrected chi connectivity index (χ1v) is 8.45. The van der Waals surface area contributed by atoms with Crippen molar-refractivity contribution >= 4 is 17.5 Å². The minimum Gasteiger partial charge on any atom is -0.334 e. The molecule has 132 valence electrons. The summed E-state index contributed by atoms with van der Waals surface area (Å²) in [5.74, 6) is 0.722. The zero-order valence-electron chi connectivity index (χ0n) is 15.3. The molecule has 0 saturated heterocycles. The van der Waals surface area contributed by atoms with Gasteiger partial charge in [-0.1, -0.05) is 0 Å². The third-order valence-electron chi connectivity index (χ3n) is 4.79. The molecule has 0 atom stereocenters. The second-order valence-corrected chi connectivity index (χ2v) is 7.35. The second kappa shape index (κ2) is 6.02. The SMILES string of the molecule is CC(C)n1ccnc1CN(C)C(=O)c1ccc2c(c1)C(C)(C)C(=O)N2. The van der Waals surface area contributed by atoms with Gasteiger partial charge in [0, 0.05) is 36.7 Å². The monoisotopic (exact) mass is 340 g/mol. The third kappa shape index (κ3) is 2.92. The van der Waals surface area contributed by atoms with Crippen LogP contribution in [-0.4, -0.2) is 33.3 Å². The fraction of sp³-hybridized carbons (Fsp3) is 0.421. The molecule has 6 heteroatoms. The fourth-order valence-corrected chi connectivity index (χ4v) is 3.15. The smallest absolute Gasteiger partial charge is 0.254 e. The van der Waals surface area contributed by atoms with Crippen molar-refractivity contribution in [3.63, 3.8) is 0 Å². The van der Waals surface area contributed by atoms with E-state index in [1.165, 1.54) is 0 Å². The first-order valence-electron chi connectivity index (χ1n) is 8.45. The molecule has 2 amide bonds. The molecule has 6 nitrogen and oxygen atoms in total. The fourth-order valence-electron chi connectivity index (χ4n) is 3.15. The van der Waals surface area contributed by atoms with Crippen LogP contribution in [0.3, 0.4) is 0 Å². The van der Waals surface area contributed by atoms with Crippen LogP contribution in [0.1, 0.15) is 55.5 Å². The molecule has 0 saturated carbocycles. The predicted molar refractivity (Wildman–Crippen MR) is 96.5 cm³/mol. The average molecular weight is 340 g/mol. The number of carbonyl (C=O) groups excluding carboxylic acids is 2. The number of anilines is 1. The molecule has 2 heterocycles. The minimum absolute atomic E-state index is 0.0422. The quantitative estimate of drug-likeness (QED) is 0.930. The molecule has 0 bridgehead atoms. The molecule has 1 aliphatic heterocycles. The lowest BCUT2D eigenvalue weighted by Crippen LogP contribution is -2.29. The highest BCUT2D eigenvalue weighted by Crippen LogP contribution is 2.37. The van der Waals surface area contributed by atoms with Gasteiger partial charge in [-0.2, -0.15) is 0 Å². The Labute approximate surface area is 147 Å². The summed E-state index contributed by atoms with van der Waals surface area (Å²) in [5, 5.41) is 2.86. The van der Waals surface area contributed by atoms with Gasteiger partial charge in [0.1, 0.15) is 5.82 Å². The zero-order valence-corrected chi connectivity index (χ0v) is 15.3.